The number of carbonyl (C=O) groups is 1. The molecule has 34 heavy (non-hydrogen) atoms. The highest BCUT2D eigenvalue weighted by molar-refractivity contribution is 5.91. The lowest BCUT2D eigenvalue weighted by molar-refractivity contribution is 0.0719. The highest BCUT2D eigenvalue weighted by Crippen LogP contribution is 2.51. The van der Waals surface area contributed by atoms with E-state index in [9.17, 15) is 14.3 Å². The number of halogens is 1. The van der Waals surface area contributed by atoms with E-state index in [1.54, 1.807) is 19.2 Å². The number of esters is 1. The van der Waals surface area contributed by atoms with Crippen molar-refractivity contribution in [2.45, 2.75) is 31.8 Å². The molecule has 0 bridgehead atoms. The molecule has 2 heterocycles. The van der Waals surface area contributed by atoms with Crippen molar-refractivity contribution in [1.29, 1.82) is 0 Å². The molecule has 0 saturated carbocycles. The van der Waals surface area contributed by atoms with Crippen LogP contribution < -0.4 is 14.2 Å². The van der Waals surface area contributed by atoms with Gasteiger partial charge in [0, 0.05) is 30.6 Å². The molecule has 2 atom stereocenters. The summed E-state index contributed by atoms with van der Waals surface area (Å²) in [7, 11) is 3.08. The van der Waals surface area contributed by atoms with Crippen molar-refractivity contribution in [3.8, 4) is 23.0 Å². The number of methoxy groups -OCH3 is 2. The van der Waals surface area contributed by atoms with Crippen LogP contribution in [-0.4, -0.2) is 36.7 Å². The number of benzene rings is 3. The quantitative estimate of drug-likeness (QED) is 0.435. The van der Waals surface area contributed by atoms with E-state index in [0.717, 1.165) is 41.3 Å². The second-order valence-corrected chi connectivity index (χ2v) is 8.74. The van der Waals surface area contributed by atoms with E-state index in [2.05, 4.69) is 11.8 Å². The van der Waals surface area contributed by atoms with Crippen molar-refractivity contribution in [1.82, 2.24) is 4.90 Å². The van der Waals surface area contributed by atoms with Gasteiger partial charge in [0.1, 0.15) is 5.82 Å². The minimum atomic E-state index is -0.634. The summed E-state index contributed by atoms with van der Waals surface area (Å²) >= 11 is 0. The van der Waals surface area contributed by atoms with Crippen LogP contribution in [-0.2, 0) is 13.0 Å². The molecule has 2 aliphatic rings. The smallest absolute Gasteiger partial charge is 0.343 e. The molecule has 3 aromatic rings. The number of phenolic OH excluding ortho intramolecular Hbond substituents is 1. The van der Waals surface area contributed by atoms with Crippen LogP contribution in [0.5, 0.6) is 23.0 Å². The first-order valence-corrected chi connectivity index (χ1v) is 11.2. The molecule has 0 aliphatic carbocycles. The average Bonchev–Trinajstić information content (AvgIpc) is 2.83. The van der Waals surface area contributed by atoms with Crippen molar-refractivity contribution < 1.29 is 28.5 Å². The zero-order chi connectivity index (χ0) is 24.0. The number of rotatable bonds is 4. The summed E-state index contributed by atoms with van der Waals surface area (Å²) in [6.45, 7) is 3.51. The SMILES string of the molecule is COc1cc2c(cc1O)CCN1Cc3c(ccc(OC)c3OC(=O)c3cccc(F)c3)C(C)C21. The Kier molecular flexibility index (Phi) is 5.65. The molecule has 176 valence electrons. The Morgan fingerprint density at radius 3 is 2.59 bits per heavy atom. The molecule has 5 rings (SSSR count). The van der Waals surface area contributed by atoms with Crippen molar-refractivity contribution >= 4 is 5.97 Å². The summed E-state index contributed by atoms with van der Waals surface area (Å²) in [6.07, 6.45) is 0.786. The highest BCUT2D eigenvalue weighted by atomic mass is 19.1. The van der Waals surface area contributed by atoms with E-state index in [4.69, 9.17) is 14.2 Å². The largest absolute Gasteiger partial charge is 0.504 e. The molecular weight excluding hydrogens is 437 g/mol. The molecule has 0 fully saturated rings. The monoisotopic (exact) mass is 463 g/mol. The first-order chi connectivity index (χ1) is 16.4. The van der Waals surface area contributed by atoms with Gasteiger partial charge >= 0.3 is 5.97 Å². The molecule has 0 saturated heterocycles. The molecule has 0 radical (unpaired) electrons. The van der Waals surface area contributed by atoms with E-state index in [1.807, 2.05) is 12.1 Å². The molecule has 0 spiro atoms. The fraction of sp³-hybridized carbons (Fsp3) is 0.296. The maximum Gasteiger partial charge on any atom is 0.343 e. The van der Waals surface area contributed by atoms with Gasteiger partial charge in [-0.25, -0.2) is 9.18 Å². The van der Waals surface area contributed by atoms with Crippen molar-refractivity contribution in [2.24, 2.45) is 0 Å². The van der Waals surface area contributed by atoms with Gasteiger partial charge in [-0.05, 0) is 59.5 Å². The molecule has 2 unspecified atom stereocenters. The predicted molar refractivity (Wildman–Crippen MR) is 124 cm³/mol. The summed E-state index contributed by atoms with van der Waals surface area (Å²) in [4.78, 5) is 15.2. The van der Waals surface area contributed by atoms with Gasteiger partial charge in [-0.1, -0.05) is 19.1 Å². The fourth-order valence-electron chi connectivity index (χ4n) is 5.27. The Morgan fingerprint density at radius 1 is 1.06 bits per heavy atom. The van der Waals surface area contributed by atoms with E-state index in [-0.39, 0.29) is 23.3 Å². The first kappa shape index (κ1) is 22.2. The zero-order valence-electron chi connectivity index (χ0n) is 19.3. The van der Waals surface area contributed by atoms with Crippen LogP contribution in [0, 0.1) is 5.82 Å². The molecule has 6 nitrogen and oxygen atoms in total. The number of ether oxygens (including phenoxy) is 3. The minimum absolute atomic E-state index is 0.0783. The molecule has 1 N–H and O–H groups in total. The van der Waals surface area contributed by atoms with Crippen molar-refractivity contribution in [3.05, 3.63) is 82.2 Å². The van der Waals surface area contributed by atoms with E-state index in [0.29, 0.717) is 23.8 Å². The summed E-state index contributed by atoms with van der Waals surface area (Å²) in [6, 6.07) is 13.1. The van der Waals surface area contributed by atoms with Crippen LogP contribution in [0.3, 0.4) is 0 Å². The number of nitrogens with zero attached hydrogens (tertiary/aromatic N) is 1. The summed E-state index contributed by atoms with van der Waals surface area (Å²) < 4.78 is 30.4. The van der Waals surface area contributed by atoms with Crippen LogP contribution in [0.15, 0.2) is 48.5 Å². The third-order valence-electron chi connectivity index (χ3n) is 6.88. The first-order valence-electron chi connectivity index (χ1n) is 11.2. The number of hydrogen-bond donors (Lipinski definition) is 1. The second kappa shape index (κ2) is 8.65. The molecule has 0 amide bonds. The summed E-state index contributed by atoms with van der Waals surface area (Å²) in [5, 5.41) is 10.3. The Morgan fingerprint density at radius 2 is 1.85 bits per heavy atom. The van der Waals surface area contributed by atoms with Gasteiger partial charge in [0.25, 0.3) is 0 Å². The summed E-state index contributed by atoms with van der Waals surface area (Å²) in [5.41, 5.74) is 4.33. The van der Waals surface area contributed by atoms with Gasteiger partial charge < -0.3 is 19.3 Å². The molecular formula is C27H26FNO5. The Hall–Kier alpha value is -3.58. The molecule has 7 heteroatoms. The Balaban J connectivity index is 1.56. The van der Waals surface area contributed by atoms with Crippen molar-refractivity contribution in [2.75, 3.05) is 20.8 Å². The van der Waals surface area contributed by atoms with Crippen molar-refractivity contribution in [3.63, 3.8) is 0 Å². The molecule has 3 aromatic carbocycles. The van der Waals surface area contributed by atoms with E-state index in [1.165, 1.54) is 25.3 Å². The third kappa shape index (κ3) is 3.66. The minimum Gasteiger partial charge on any atom is -0.504 e. The Labute approximate surface area is 197 Å². The van der Waals surface area contributed by atoms with Crippen LogP contribution in [0.1, 0.15) is 51.5 Å². The van der Waals surface area contributed by atoms with Gasteiger partial charge in [-0.15, -0.1) is 0 Å². The number of aromatic hydroxyl groups is 1. The second-order valence-electron chi connectivity index (χ2n) is 8.74. The lowest BCUT2D eigenvalue weighted by Gasteiger charge is -2.45. The highest BCUT2D eigenvalue weighted by Gasteiger charge is 2.39. The third-order valence-corrected chi connectivity index (χ3v) is 6.88. The maximum absolute atomic E-state index is 13.7. The molecule has 0 aromatic heterocycles. The number of hydrogen-bond acceptors (Lipinski definition) is 6. The van der Waals surface area contributed by atoms with E-state index >= 15 is 0 Å². The van der Waals surface area contributed by atoms with Crippen LogP contribution in [0.25, 0.3) is 0 Å². The fourth-order valence-corrected chi connectivity index (χ4v) is 5.27. The zero-order valence-corrected chi connectivity index (χ0v) is 19.3. The topological polar surface area (TPSA) is 68.2 Å². The van der Waals surface area contributed by atoms with Gasteiger partial charge in [0.15, 0.2) is 23.0 Å². The number of fused-ring (bicyclic) bond motifs is 4. The average molecular weight is 464 g/mol. The predicted octanol–water partition coefficient (Wildman–Crippen LogP) is 4.98. The normalized spacial score (nSPS) is 18.9. The van der Waals surface area contributed by atoms with E-state index < -0.39 is 11.8 Å². The standard InChI is InChI=1S/C27H26FNO5/c1-15-19-7-8-23(32-2)26(34-27(31)17-5-4-6-18(28)11-17)21(19)14-29-10-9-16-12-22(30)24(33-3)13-20(16)25(15)29/h4-8,11-13,15,25,30H,9-10,14H2,1-3H3. The van der Waals surface area contributed by atoms with Crippen LogP contribution in [0.2, 0.25) is 0 Å². The lowest BCUT2D eigenvalue weighted by Crippen LogP contribution is -2.41. The lowest BCUT2D eigenvalue weighted by atomic mass is 9.77. The van der Waals surface area contributed by atoms with Gasteiger partial charge in [0.2, 0.25) is 0 Å². The van der Waals surface area contributed by atoms with Gasteiger partial charge in [-0.2, -0.15) is 0 Å². The summed E-state index contributed by atoms with van der Waals surface area (Å²) in [5.74, 6) is 0.376. The van der Waals surface area contributed by atoms with Gasteiger partial charge in [-0.3, -0.25) is 4.90 Å². The Bertz CT molecular complexity index is 1270. The van der Waals surface area contributed by atoms with Crippen LogP contribution >= 0.6 is 0 Å². The maximum atomic E-state index is 13.7. The number of carbonyl (C=O) groups excluding carboxylic acids is 1. The number of phenols is 1. The van der Waals surface area contributed by atoms with Crippen LogP contribution in [0.4, 0.5) is 4.39 Å². The van der Waals surface area contributed by atoms with Gasteiger partial charge in [0.05, 0.1) is 19.8 Å². The molecule has 2 aliphatic heterocycles.